The third kappa shape index (κ3) is 3.73. The molecule has 0 saturated carbocycles. The summed E-state index contributed by atoms with van der Waals surface area (Å²) in [5, 5.41) is 7.70. The molecule has 5 heteroatoms. The fourth-order valence-corrected chi connectivity index (χ4v) is 3.65. The second-order valence-corrected chi connectivity index (χ2v) is 6.45. The summed E-state index contributed by atoms with van der Waals surface area (Å²) in [6.45, 7) is 15.4. The molecular weight excluding hydrogens is 595 g/mol. The summed E-state index contributed by atoms with van der Waals surface area (Å²) in [6, 6.07) is 4.15. The number of amidine groups is 1. The van der Waals surface area contributed by atoms with Crippen LogP contribution in [0.15, 0.2) is 34.4 Å². The van der Waals surface area contributed by atoms with E-state index in [4.69, 9.17) is 11.1 Å². The van der Waals surface area contributed by atoms with Crippen LogP contribution in [0.5, 0.6) is 0 Å². The molecule has 1 aliphatic rings. The van der Waals surface area contributed by atoms with Crippen LogP contribution in [0, 0.1) is 19.3 Å². The van der Waals surface area contributed by atoms with E-state index >= 15 is 0 Å². The summed E-state index contributed by atoms with van der Waals surface area (Å²) in [4.78, 5) is 0. The molecule has 2 nitrogen and oxygen atoms in total. The molecule has 0 fully saturated rings. The van der Waals surface area contributed by atoms with Gasteiger partial charge in [-0.15, -0.1) is 0 Å². The number of nitrogens with one attached hydrogen (secondary N) is 1. The second-order valence-electron chi connectivity index (χ2n) is 6.45. The summed E-state index contributed by atoms with van der Waals surface area (Å²) in [7, 11) is 0. The van der Waals surface area contributed by atoms with Gasteiger partial charge in [-0.05, 0) is 76.3 Å². The van der Waals surface area contributed by atoms with Crippen LogP contribution in [0.1, 0.15) is 56.9 Å². The van der Waals surface area contributed by atoms with Crippen molar-refractivity contribution in [3.63, 3.8) is 0 Å². The number of benzene rings is 1. The zero-order chi connectivity index (χ0) is 16.1. The van der Waals surface area contributed by atoms with Crippen molar-refractivity contribution in [1.29, 1.82) is 5.41 Å². The Bertz CT molecular complexity index is 694. The van der Waals surface area contributed by atoms with E-state index in [1.807, 2.05) is 6.07 Å². The second kappa shape index (κ2) is 9.09. The maximum absolute atomic E-state index is 7.70. The molecule has 0 saturated heterocycles. The number of allylic oxidation sites excluding steroid dienone is 4. The Hall–Kier alpha value is 0.000130. The number of nitrogen functional groups attached to an aromatic ring is 1. The van der Waals surface area contributed by atoms with Gasteiger partial charge >= 0.3 is 25.8 Å². The molecule has 0 heterocycles. The van der Waals surface area contributed by atoms with Gasteiger partial charge in [0.2, 0.25) is 0 Å². The first-order chi connectivity index (χ1) is 9.63. The quantitative estimate of drug-likeness (QED) is 0.237. The van der Waals surface area contributed by atoms with Crippen molar-refractivity contribution in [2.75, 3.05) is 0 Å². The summed E-state index contributed by atoms with van der Waals surface area (Å²) in [5.41, 5.74) is 15.8. The Labute approximate surface area is 186 Å². The predicted octanol–water partition coefficient (Wildman–Crippen LogP) is -1.46. The van der Waals surface area contributed by atoms with Crippen LogP contribution in [-0.2, 0) is 31.3 Å². The van der Waals surface area contributed by atoms with Crippen LogP contribution >= 0.6 is 0 Å². The molecule has 1 aliphatic carbocycles. The third-order valence-electron chi connectivity index (χ3n) is 5.80. The van der Waals surface area contributed by atoms with Crippen molar-refractivity contribution in [1.82, 2.24) is 0 Å². The number of nitrogens with two attached hydrogens (primary N) is 1. The number of halogens is 2. The van der Waals surface area contributed by atoms with E-state index in [-0.39, 0.29) is 71.1 Å². The van der Waals surface area contributed by atoms with Gasteiger partial charge in [-0.1, -0.05) is 23.3 Å². The van der Waals surface area contributed by atoms with E-state index in [9.17, 15) is 0 Å². The van der Waals surface area contributed by atoms with Gasteiger partial charge in [-0.3, -0.25) is 5.41 Å². The van der Waals surface area contributed by atoms with E-state index in [1.54, 1.807) is 0 Å². The van der Waals surface area contributed by atoms with Gasteiger partial charge in [-0.25, -0.2) is 0 Å². The molecule has 0 amide bonds. The summed E-state index contributed by atoms with van der Waals surface area (Å²) < 4.78 is 0. The average molecular weight is 621 g/mol. The topological polar surface area (TPSA) is 49.9 Å². The molecule has 0 spiro atoms. The van der Waals surface area contributed by atoms with Gasteiger partial charge in [0, 0.05) is 11.0 Å². The molecule has 130 valence electrons. The Morgan fingerprint density at radius 3 is 1.67 bits per heavy atom. The normalized spacial score (nSPS) is 15.5. The molecule has 0 radical (unpaired) electrons. The average Bonchev–Trinajstić information content (AvgIpc) is 2.58. The summed E-state index contributed by atoms with van der Waals surface area (Å²) in [6.07, 6.45) is 0. The largest absolute Gasteiger partial charge is 2.00 e. The van der Waals surface area contributed by atoms with Gasteiger partial charge in [0.05, 0.1) is 0 Å². The molecule has 24 heavy (non-hydrogen) atoms. The molecule has 0 aromatic heterocycles. The van der Waals surface area contributed by atoms with Crippen LogP contribution in [0.25, 0.3) is 0 Å². The molecule has 0 atom stereocenters. The zero-order valence-corrected chi connectivity index (χ0v) is 22.3. The summed E-state index contributed by atoms with van der Waals surface area (Å²) in [5.74, 6) is 0.144. The van der Waals surface area contributed by atoms with Crippen molar-refractivity contribution in [3.8, 4) is 0 Å². The minimum absolute atomic E-state index is 0. The van der Waals surface area contributed by atoms with Gasteiger partial charge in [0.1, 0.15) is 5.84 Å². The fourth-order valence-electron chi connectivity index (χ4n) is 3.65. The van der Waals surface area contributed by atoms with Crippen molar-refractivity contribution < 1.29 is 59.8 Å². The Kier molecular flexibility index (Phi) is 9.93. The van der Waals surface area contributed by atoms with Crippen LogP contribution in [-0.4, -0.2) is 5.84 Å². The van der Waals surface area contributed by atoms with Crippen LogP contribution in [0.2, 0.25) is 0 Å². The van der Waals surface area contributed by atoms with Crippen LogP contribution < -0.4 is 39.7 Å². The van der Waals surface area contributed by atoms with Gasteiger partial charge in [-0.2, -0.15) is 0 Å². The van der Waals surface area contributed by atoms with E-state index < -0.39 is 0 Å². The van der Waals surface area contributed by atoms with E-state index in [0.717, 1.165) is 11.1 Å². The first-order valence-electron chi connectivity index (χ1n) is 7.45. The fraction of sp³-hybridized carbons (Fsp3) is 0.421. The third-order valence-corrected chi connectivity index (χ3v) is 5.80. The predicted molar refractivity (Wildman–Crippen MR) is 91.0 cm³/mol. The van der Waals surface area contributed by atoms with Crippen molar-refractivity contribution in [2.24, 2.45) is 5.73 Å². The molecule has 0 aliphatic heterocycles. The molecule has 0 bridgehead atoms. The monoisotopic (exact) mass is 620 g/mol. The molecular formula is C19H26Br2HfN2. The molecule has 1 aromatic carbocycles. The molecule has 3 N–H and O–H groups in total. The van der Waals surface area contributed by atoms with Gasteiger partial charge in [0.15, 0.2) is 0 Å². The molecule has 1 aromatic rings. The van der Waals surface area contributed by atoms with Crippen molar-refractivity contribution in [2.45, 2.75) is 53.9 Å². The molecule has 0 unspecified atom stereocenters. The Morgan fingerprint density at radius 2 is 1.29 bits per heavy atom. The first kappa shape index (κ1) is 26.2. The minimum atomic E-state index is -0.0433. The van der Waals surface area contributed by atoms with Gasteiger partial charge < -0.3 is 39.7 Å². The van der Waals surface area contributed by atoms with Crippen LogP contribution in [0.4, 0.5) is 0 Å². The molecule has 2 rings (SSSR count). The minimum Gasteiger partial charge on any atom is -1.00 e. The van der Waals surface area contributed by atoms with Crippen molar-refractivity contribution in [3.05, 3.63) is 56.7 Å². The smallest absolute Gasteiger partial charge is 1.00 e. The number of hydrogen-bond donors (Lipinski definition) is 2. The van der Waals surface area contributed by atoms with E-state index in [0.29, 0.717) is 0 Å². The van der Waals surface area contributed by atoms with Gasteiger partial charge in [0.25, 0.3) is 0 Å². The summed E-state index contributed by atoms with van der Waals surface area (Å²) >= 11 is 0. The standard InChI is InChI=1S/C19H26N2.2BrH.Hf/c1-10-11(2)15(6)19(7,14(10)5)17-9-8-16(18(20)21)12(3)13(17)4;;;/h8-9H,1-7H3,(H3,20,21);2*1H;/q;;;+2/p-2. The van der Waals surface area contributed by atoms with Crippen LogP contribution in [0.3, 0.4) is 0 Å². The van der Waals surface area contributed by atoms with E-state index in [2.05, 4.69) is 54.5 Å². The number of rotatable bonds is 2. The SMILES string of the molecule is CC1=C(C)C(C)(c2ccc(C(=N)N)c(C)c2C)C(C)=C1C.[Br-].[Br-].[Hf+2]. The first-order valence-corrected chi connectivity index (χ1v) is 7.45. The van der Waals surface area contributed by atoms with Crippen molar-refractivity contribution >= 4 is 5.84 Å². The Morgan fingerprint density at radius 1 is 0.875 bits per heavy atom. The Balaban J connectivity index is 0. The maximum Gasteiger partial charge on any atom is 2.00 e. The van der Waals surface area contributed by atoms with E-state index in [1.165, 1.54) is 33.4 Å². The number of hydrogen-bond acceptors (Lipinski definition) is 1. The zero-order valence-electron chi connectivity index (χ0n) is 15.5. The maximum atomic E-state index is 7.70.